The molecular weight excluding hydrogens is 244 g/mol. The second-order valence-corrected chi connectivity index (χ2v) is 5.18. The van der Waals surface area contributed by atoms with Gasteiger partial charge in [0.2, 0.25) is 0 Å². The van der Waals surface area contributed by atoms with Crippen molar-refractivity contribution in [3.8, 4) is 5.75 Å². The molecule has 1 aromatic heterocycles. The van der Waals surface area contributed by atoms with E-state index in [9.17, 15) is 0 Å². The third-order valence-electron chi connectivity index (χ3n) is 3.03. The van der Waals surface area contributed by atoms with Gasteiger partial charge in [0.1, 0.15) is 5.75 Å². The van der Waals surface area contributed by atoms with E-state index in [1.165, 1.54) is 5.56 Å². The summed E-state index contributed by atoms with van der Waals surface area (Å²) in [5, 5.41) is 6.52. The van der Waals surface area contributed by atoms with Gasteiger partial charge in [0.05, 0.1) is 12.1 Å². The molecule has 0 amide bonds. The van der Waals surface area contributed by atoms with Crippen LogP contribution < -0.4 is 10.1 Å². The van der Waals surface area contributed by atoms with Crippen LogP contribution in [0, 0.1) is 6.92 Å². The van der Waals surface area contributed by atoms with Crippen LogP contribution >= 0.6 is 11.3 Å². The van der Waals surface area contributed by atoms with Gasteiger partial charge in [0, 0.05) is 24.0 Å². The van der Waals surface area contributed by atoms with Crippen LogP contribution in [-0.4, -0.2) is 19.1 Å². The highest BCUT2D eigenvalue weighted by atomic mass is 32.1. The normalized spacial score (nSPS) is 12.4. The Morgan fingerprint density at radius 3 is 2.83 bits per heavy atom. The number of methoxy groups -OCH3 is 1. The summed E-state index contributed by atoms with van der Waals surface area (Å²) in [7, 11) is 3.69. The second-order valence-electron chi connectivity index (χ2n) is 4.20. The van der Waals surface area contributed by atoms with Crippen molar-refractivity contribution < 1.29 is 4.74 Å². The van der Waals surface area contributed by atoms with Crippen molar-refractivity contribution >= 4 is 11.3 Å². The molecule has 4 heteroatoms. The van der Waals surface area contributed by atoms with E-state index in [-0.39, 0.29) is 0 Å². The van der Waals surface area contributed by atoms with Crippen molar-refractivity contribution in [2.24, 2.45) is 0 Å². The summed E-state index contributed by atoms with van der Waals surface area (Å²) < 4.78 is 5.29. The molecule has 0 spiro atoms. The van der Waals surface area contributed by atoms with Crippen molar-refractivity contribution in [1.29, 1.82) is 0 Å². The fraction of sp³-hybridized carbons (Fsp3) is 0.357. The summed E-state index contributed by atoms with van der Waals surface area (Å²) in [5.41, 5.74) is 2.43. The maximum Gasteiger partial charge on any atom is 0.121 e. The quantitative estimate of drug-likeness (QED) is 0.899. The molecule has 2 aromatic rings. The Morgan fingerprint density at radius 2 is 2.28 bits per heavy atom. The Bertz CT molecular complexity index is 497. The van der Waals surface area contributed by atoms with Crippen LogP contribution in [0.4, 0.5) is 0 Å². The lowest BCUT2D eigenvalue weighted by atomic mass is 10.0. The molecule has 2 rings (SSSR count). The molecule has 0 bridgehead atoms. The summed E-state index contributed by atoms with van der Waals surface area (Å²) >= 11 is 1.70. The number of nitrogens with one attached hydrogen (secondary N) is 1. The lowest BCUT2D eigenvalue weighted by molar-refractivity contribution is 0.411. The lowest BCUT2D eigenvalue weighted by Gasteiger charge is -2.17. The summed E-state index contributed by atoms with van der Waals surface area (Å²) in [6.45, 7) is 2.07. The Morgan fingerprint density at radius 1 is 1.44 bits per heavy atom. The van der Waals surface area contributed by atoms with Crippen molar-refractivity contribution in [1.82, 2.24) is 10.3 Å². The molecule has 0 saturated heterocycles. The van der Waals surface area contributed by atoms with Gasteiger partial charge in [0.15, 0.2) is 0 Å². The van der Waals surface area contributed by atoms with Gasteiger partial charge < -0.3 is 10.1 Å². The first-order valence-electron chi connectivity index (χ1n) is 5.94. The molecule has 0 radical (unpaired) electrons. The Kier molecular flexibility index (Phi) is 4.33. The molecule has 96 valence electrons. The van der Waals surface area contributed by atoms with E-state index in [4.69, 9.17) is 4.74 Å². The van der Waals surface area contributed by atoms with Crippen LogP contribution in [0.2, 0.25) is 0 Å². The number of nitrogens with zero attached hydrogens (tertiary/aromatic N) is 1. The predicted molar refractivity (Wildman–Crippen MR) is 75.3 cm³/mol. The van der Waals surface area contributed by atoms with E-state index < -0.39 is 0 Å². The lowest BCUT2D eigenvalue weighted by Crippen LogP contribution is -2.18. The average Bonchev–Trinajstić information content (AvgIpc) is 2.88. The first kappa shape index (κ1) is 13.1. The number of benzene rings is 1. The maximum absolute atomic E-state index is 5.29. The second kappa shape index (κ2) is 5.98. The van der Waals surface area contributed by atoms with E-state index in [0.29, 0.717) is 6.04 Å². The third-order valence-corrected chi connectivity index (χ3v) is 3.83. The molecule has 1 aromatic carbocycles. The van der Waals surface area contributed by atoms with Crippen LogP contribution in [0.25, 0.3) is 0 Å². The fourth-order valence-electron chi connectivity index (χ4n) is 2.03. The van der Waals surface area contributed by atoms with Gasteiger partial charge in [-0.2, -0.15) is 0 Å². The monoisotopic (exact) mass is 262 g/mol. The van der Waals surface area contributed by atoms with E-state index in [0.717, 1.165) is 22.7 Å². The minimum Gasteiger partial charge on any atom is -0.496 e. The first-order chi connectivity index (χ1) is 8.74. The maximum atomic E-state index is 5.29. The molecule has 1 unspecified atom stereocenters. The number of rotatable bonds is 5. The topological polar surface area (TPSA) is 34.2 Å². The predicted octanol–water partition coefficient (Wildman–Crippen LogP) is 2.96. The molecule has 0 aliphatic carbocycles. The van der Waals surface area contributed by atoms with Crippen LogP contribution in [0.3, 0.4) is 0 Å². The minimum atomic E-state index is 0.292. The number of aromatic nitrogens is 1. The summed E-state index contributed by atoms with van der Waals surface area (Å²) in [5.74, 6) is 0.933. The van der Waals surface area contributed by atoms with Crippen LogP contribution in [0.1, 0.15) is 22.2 Å². The van der Waals surface area contributed by atoms with Crippen LogP contribution in [0.15, 0.2) is 29.8 Å². The van der Waals surface area contributed by atoms with Crippen molar-refractivity contribution in [2.45, 2.75) is 19.4 Å². The molecule has 0 saturated carbocycles. The largest absolute Gasteiger partial charge is 0.496 e. The standard InChI is InChI=1S/C14H18N2OS/c1-10-8-11(4-5-13(10)17-3)12(15-2)9-14-16-6-7-18-14/h4-8,12,15H,9H2,1-3H3. The van der Waals surface area contributed by atoms with Gasteiger partial charge in [-0.1, -0.05) is 12.1 Å². The highest BCUT2D eigenvalue weighted by molar-refractivity contribution is 7.09. The number of hydrogen-bond donors (Lipinski definition) is 1. The van der Waals surface area contributed by atoms with Crippen molar-refractivity contribution in [2.75, 3.05) is 14.2 Å². The first-order valence-corrected chi connectivity index (χ1v) is 6.82. The molecule has 0 aliphatic heterocycles. The molecule has 18 heavy (non-hydrogen) atoms. The highest BCUT2D eigenvalue weighted by Gasteiger charge is 2.12. The highest BCUT2D eigenvalue weighted by Crippen LogP contribution is 2.25. The van der Waals surface area contributed by atoms with Gasteiger partial charge >= 0.3 is 0 Å². The van der Waals surface area contributed by atoms with Gasteiger partial charge in [-0.15, -0.1) is 11.3 Å². The van der Waals surface area contributed by atoms with Crippen LogP contribution in [-0.2, 0) is 6.42 Å². The smallest absolute Gasteiger partial charge is 0.121 e. The number of thiazole rings is 1. The van der Waals surface area contributed by atoms with Gasteiger partial charge in [-0.05, 0) is 31.2 Å². The molecule has 1 atom stereocenters. The fourth-order valence-corrected chi connectivity index (χ4v) is 2.70. The zero-order valence-corrected chi connectivity index (χ0v) is 11.8. The molecule has 1 N–H and O–H groups in total. The minimum absolute atomic E-state index is 0.292. The molecular formula is C14H18N2OS. The Hall–Kier alpha value is -1.39. The Balaban J connectivity index is 2.19. The van der Waals surface area contributed by atoms with Gasteiger partial charge in [-0.3, -0.25) is 0 Å². The van der Waals surface area contributed by atoms with E-state index >= 15 is 0 Å². The van der Waals surface area contributed by atoms with E-state index in [1.807, 2.05) is 24.7 Å². The number of hydrogen-bond acceptors (Lipinski definition) is 4. The zero-order chi connectivity index (χ0) is 13.0. The average molecular weight is 262 g/mol. The SMILES string of the molecule is CNC(Cc1nccs1)c1ccc(OC)c(C)c1. The molecule has 1 heterocycles. The van der Waals surface area contributed by atoms with Gasteiger partial charge in [0.25, 0.3) is 0 Å². The zero-order valence-electron chi connectivity index (χ0n) is 10.9. The van der Waals surface area contributed by atoms with E-state index in [1.54, 1.807) is 18.4 Å². The third kappa shape index (κ3) is 2.89. The van der Waals surface area contributed by atoms with Crippen molar-refractivity contribution in [3.63, 3.8) is 0 Å². The number of ether oxygens (including phenoxy) is 1. The molecule has 0 aliphatic rings. The molecule has 0 fully saturated rings. The number of aryl methyl sites for hydroxylation is 1. The Labute approximate surface area is 112 Å². The summed E-state index contributed by atoms with van der Waals surface area (Å²) in [4.78, 5) is 4.34. The van der Waals surface area contributed by atoms with Crippen LogP contribution in [0.5, 0.6) is 5.75 Å². The number of likely N-dealkylation sites (N-methyl/N-ethyl adjacent to an activating group) is 1. The summed E-state index contributed by atoms with van der Waals surface area (Å²) in [6.07, 6.45) is 2.77. The van der Waals surface area contributed by atoms with Gasteiger partial charge in [-0.25, -0.2) is 4.98 Å². The molecule has 3 nitrogen and oxygen atoms in total. The van der Waals surface area contributed by atoms with E-state index in [2.05, 4.69) is 29.4 Å². The van der Waals surface area contributed by atoms with Crippen molar-refractivity contribution in [3.05, 3.63) is 45.9 Å². The summed E-state index contributed by atoms with van der Waals surface area (Å²) in [6, 6.07) is 6.60.